The van der Waals surface area contributed by atoms with Gasteiger partial charge in [-0.3, -0.25) is 19.2 Å². The Balaban J connectivity index is 2.24. The predicted octanol–water partition coefficient (Wildman–Crippen LogP) is -0.518. The molecule has 8 nitrogen and oxygen atoms in total. The predicted molar refractivity (Wildman–Crippen MR) is 65.5 cm³/mol. The molecule has 1 aromatic heterocycles. The summed E-state index contributed by atoms with van der Waals surface area (Å²) in [5.74, 6) is -1.39. The Kier molecular flexibility index (Phi) is 4.14. The molecular formula is C12H15N3O5. The summed E-state index contributed by atoms with van der Waals surface area (Å²) in [5.41, 5.74) is 0.702. The fraction of sp³-hybridized carbons (Fsp3) is 0.500. The lowest BCUT2D eigenvalue weighted by molar-refractivity contribution is -0.159. The molecule has 0 spiro atoms. The number of imide groups is 1. The summed E-state index contributed by atoms with van der Waals surface area (Å²) in [6.45, 7) is 1.63. The Morgan fingerprint density at radius 1 is 1.40 bits per heavy atom. The second kappa shape index (κ2) is 5.83. The molecule has 1 fully saturated rings. The maximum atomic E-state index is 11.8. The van der Waals surface area contributed by atoms with Crippen LogP contribution in [0.15, 0.2) is 6.20 Å². The number of carbonyl (C=O) groups excluding carboxylic acids is 3. The lowest BCUT2D eigenvalue weighted by atomic mass is 10.2. The highest BCUT2D eigenvalue weighted by molar-refractivity contribution is 5.98. The van der Waals surface area contributed by atoms with E-state index in [1.807, 2.05) is 0 Å². The van der Waals surface area contributed by atoms with Gasteiger partial charge in [0, 0.05) is 7.05 Å². The molecule has 0 N–H and O–H groups in total. The average Bonchev–Trinajstić information content (AvgIpc) is 2.76. The number of amides is 2. The van der Waals surface area contributed by atoms with E-state index in [9.17, 15) is 14.4 Å². The number of rotatable bonds is 4. The molecule has 1 aliphatic rings. The smallest absolute Gasteiger partial charge is 0.341 e. The Morgan fingerprint density at radius 3 is 2.65 bits per heavy atom. The molecule has 1 aromatic rings. The molecule has 1 aliphatic heterocycles. The van der Waals surface area contributed by atoms with Crippen molar-refractivity contribution in [1.82, 2.24) is 14.7 Å². The van der Waals surface area contributed by atoms with Gasteiger partial charge in [-0.2, -0.15) is 5.10 Å². The monoisotopic (exact) mass is 281 g/mol. The molecule has 0 aliphatic carbocycles. The zero-order valence-corrected chi connectivity index (χ0v) is 11.3. The Hall–Kier alpha value is -2.22. The number of aryl methyl sites for hydroxylation is 1. The van der Waals surface area contributed by atoms with Crippen molar-refractivity contribution in [2.75, 3.05) is 19.8 Å². The minimum absolute atomic E-state index is 0.0221. The average molecular weight is 281 g/mol. The number of esters is 1. The molecular weight excluding hydrogens is 266 g/mol. The third-order valence-electron chi connectivity index (χ3n) is 2.92. The normalized spacial score (nSPS) is 15.6. The topological polar surface area (TPSA) is 90.7 Å². The van der Waals surface area contributed by atoms with Gasteiger partial charge in [-0.1, -0.05) is 0 Å². The van der Waals surface area contributed by atoms with E-state index >= 15 is 0 Å². The van der Waals surface area contributed by atoms with E-state index in [4.69, 9.17) is 9.47 Å². The molecule has 0 aromatic carbocycles. The molecule has 2 amide bonds. The van der Waals surface area contributed by atoms with Crippen molar-refractivity contribution >= 4 is 17.8 Å². The van der Waals surface area contributed by atoms with E-state index in [0.717, 1.165) is 4.90 Å². The molecule has 8 heteroatoms. The first-order valence-corrected chi connectivity index (χ1v) is 6.13. The van der Waals surface area contributed by atoms with Gasteiger partial charge in [0.25, 0.3) is 11.8 Å². The van der Waals surface area contributed by atoms with Crippen LogP contribution in [-0.4, -0.2) is 52.3 Å². The minimum atomic E-state index is -0.524. The number of hydrogen-bond donors (Lipinski definition) is 0. The van der Waals surface area contributed by atoms with Gasteiger partial charge >= 0.3 is 5.97 Å². The van der Waals surface area contributed by atoms with E-state index in [2.05, 4.69) is 5.10 Å². The van der Waals surface area contributed by atoms with Gasteiger partial charge in [0.05, 0.1) is 25.0 Å². The first-order chi connectivity index (χ1) is 9.54. The highest BCUT2D eigenvalue weighted by atomic mass is 16.5. The SMILES string of the molecule is CCOC(=O)c1cnn(C)c1CN1C(=O)COCC1=O. The molecule has 0 radical (unpaired) electrons. The molecule has 108 valence electrons. The standard InChI is InChI=1S/C12H15N3O5/c1-3-20-12(18)8-4-13-14(2)9(8)5-15-10(16)6-19-7-11(15)17/h4H,3,5-7H2,1-2H3. The van der Waals surface area contributed by atoms with Crippen molar-refractivity contribution < 1.29 is 23.9 Å². The number of carbonyl (C=O) groups is 3. The Bertz CT molecular complexity index is 535. The second-order valence-corrected chi connectivity index (χ2v) is 4.22. The van der Waals surface area contributed by atoms with Gasteiger partial charge in [0.2, 0.25) is 0 Å². The van der Waals surface area contributed by atoms with Gasteiger partial charge < -0.3 is 9.47 Å². The van der Waals surface area contributed by atoms with Crippen molar-refractivity contribution in [3.8, 4) is 0 Å². The molecule has 0 atom stereocenters. The third kappa shape index (κ3) is 2.69. The fourth-order valence-electron chi connectivity index (χ4n) is 1.88. The summed E-state index contributed by atoms with van der Waals surface area (Å²) in [6, 6.07) is 0. The van der Waals surface area contributed by atoms with Crippen LogP contribution in [0.4, 0.5) is 0 Å². The summed E-state index contributed by atoms with van der Waals surface area (Å²) in [4.78, 5) is 36.2. The number of nitrogens with zero attached hydrogens (tertiary/aromatic N) is 3. The molecule has 20 heavy (non-hydrogen) atoms. The number of hydrogen-bond acceptors (Lipinski definition) is 6. The molecule has 2 rings (SSSR count). The molecule has 1 saturated heterocycles. The van der Waals surface area contributed by atoms with Crippen LogP contribution in [0.3, 0.4) is 0 Å². The van der Waals surface area contributed by atoms with Crippen molar-refractivity contribution in [3.05, 3.63) is 17.5 Å². The van der Waals surface area contributed by atoms with Gasteiger partial charge in [0.1, 0.15) is 18.8 Å². The van der Waals surface area contributed by atoms with Crippen molar-refractivity contribution in [3.63, 3.8) is 0 Å². The number of aromatic nitrogens is 2. The van der Waals surface area contributed by atoms with Gasteiger partial charge in [-0.15, -0.1) is 0 Å². The Labute approximate surface area is 115 Å². The van der Waals surface area contributed by atoms with Crippen LogP contribution in [0.1, 0.15) is 23.0 Å². The first kappa shape index (κ1) is 14.2. The maximum absolute atomic E-state index is 11.8. The van der Waals surface area contributed by atoms with Crippen molar-refractivity contribution in [2.45, 2.75) is 13.5 Å². The largest absolute Gasteiger partial charge is 0.462 e. The zero-order chi connectivity index (χ0) is 14.7. The van der Waals surface area contributed by atoms with E-state index < -0.39 is 17.8 Å². The van der Waals surface area contributed by atoms with E-state index in [-0.39, 0.29) is 31.9 Å². The molecule has 0 bridgehead atoms. The highest BCUT2D eigenvalue weighted by Crippen LogP contribution is 2.14. The lowest BCUT2D eigenvalue weighted by Gasteiger charge is -2.25. The van der Waals surface area contributed by atoms with Gasteiger partial charge in [-0.05, 0) is 6.92 Å². The minimum Gasteiger partial charge on any atom is -0.462 e. The van der Waals surface area contributed by atoms with Crippen LogP contribution in [-0.2, 0) is 32.7 Å². The van der Waals surface area contributed by atoms with E-state index in [1.54, 1.807) is 14.0 Å². The zero-order valence-electron chi connectivity index (χ0n) is 11.3. The lowest BCUT2D eigenvalue weighted by Crippen LogP contribution is -2.46. The molecule has 0 unspecified atom stereocenters. The van der Waals surface area contributed by atoms with Crippen LogP contribution in [0.2, 0.25) is 0 Å². The van der Waals surface area contributed by atoms with Crippen LogP contribution in [0.5, 0.6) is 0 Å². The van der Waals surface area contributed by atoms with E-state index in [1.165, 1.54) is 10.9 Å². The quantitative estimate of drug-likeness (QED) is 0.545. The summed E-state index contributed by atoms with van der Waals surface area (Å²) >= 11 is 0. The highest BCUT2D eigenvalue weighted by Gasteiger charge is 2.29. The summed E-state index contributed by atoms with van der Waals surface area (Å²) in [5, 5.41) is 3.97. The maximum Gasteiger partial charge on any atom is 0.341 e. The van der Waals surface area contributed by atoms with Crippen LogP contribution in [0, 0.1) is 0 Å². The van der Waals surface area contributed by atoms with Gasteiger partial charge in [-0.25, -0.2) is 4.79 Å². The molecule has 2 heterocycles. The summed E-state index contributed by atoms with van der Waals surface area (Å²) < 4.78 is 11.2. The second-order valence-electron chi connectivity index (χ2n) is 4.22. The number of ether oxygens (including phenoxy) is 2. The molecule has 0 saturated carbocycles. The summed E-state index contributed by atoms with van der Waals surface area (Å²) in [6.07, 6.45) is 1.36. The van der Waals surface area contributed by atoms with Crippen molar-refractivity contribution in [2.24, 2.45) is 7.05 Å². The van der Waals surface area contributed by atoms with Crippen LogP contribution < -0.4 is 0 Å². The Morgan fingerprint density at radius 2 is 2.05 bits per heavy atom. The third-order valence-corrected chi connectivity index (χ3v) is 2.92. The summed E-state index contributed by atoms with van der Waals surface area (Å²) in [7, 11) is 1.63. The van der Waals surface area contributed by atoms with Crippen molar-refractivity contribution in [1.29, 1.82) is 0 Å². The van der Waals surface area contributed by atoms with Crippen LogP contribution >= 0.6 is 0 Å². The first-order valence-electron chi connectivity index (χ1n) is 6.13. The van der Waals surface area contributed by atoms with E-state index in [0.29, 0.717) is 5.69 Å². The number of morpholine rings is 1. The van der Waals surface area contributed by atoms with Gasteiger partial charge in [0.15, 0.2) is 0 Å². The van der Waals surface area contributed by atoms with Crippen LogP contribution in [0.25, 0.3) is 0 Å². The fourth-order valence-corrected chi connectivity index (χ4v) is 1.88.